The molecule has 2 atom stereocenters. The van der Waals surface area contributed by atoms with Gasteiger partial charge in [0.25, 0.3) is 5.91 Å². The number of nitrogens with two attached hydrogens (primary N) is 1. The molecule has 1 aliphatic rings. The maximum absolute atomic E-state index is 12.6. The van der Waals surface area contributed by atoms with Crippen molar-refractivity contribution in [3.8, 4) is 11.4 Å². The summed E-state index contributed by atoms with van der Waals surface area (Å²) in [5, 5.41) is 11.1. The van der Waals surface area contributed by atoms with Gasteiger partial charge in [0.1, 0.15) is 5.75 Å². The predicted octanol–water partition coefficient (Wildman–Crippen LogP) is 2.85. The number of ether oxygens (including phenoxy) is 1. The first-order chi connectivity index (χ1) is 13.0. The number of nitrogens with zero attached hydrogens (tertiary/aromatic N) is 3. The molecule has 2 unspecified atom stereocenters. The van der Waals surface area contributed by atoms with E-state index >= 15 is 0 Å². The summed E-state index contributed by atoms with van der Waals surface area (Å²) in [5.41, 5.74) is 7.22. The Morgan fingerprint density at radius 2 is 2.00 bits per heavy atom. The zero-order valence-corrected chi connectivity index (χ0v) is 16.3. The molecular formula is C18H24ClF2N5O2. The Morgan fingerprint density at radius 1 is 1.32 bits per heavy atom. The first kappa shape index (κ1) is 22.0. The number of hydrogen-bond donors (Lipinski definition) is 2. The van der Waals surface area contributed by atoms with Gasteiger partial charge in [-0.25, -0.2) is 4.68 Å². The molecule has 0 spiro atoms. The lowest BCUT2D eigenvalue weighted by atomic mass is 9.84. The van der Waals surface area contributed by atoms with E-state index in [4.69, 9.17) is 5.73 Å². The first-order valence-corrected chi connectivity index (χ1v) is 8.98. The fourth-order valence-electron chi connectivity index (χ4n) is 3.47. The van der Waals surface area contributed by atoms with Gasteiger partial charge in [0, 0.05) is 6.04 Å². The van der Waals surface area contributed by atoms with Crippen LogP contribution in [0.3, 0.4) is 0 Å². The van der Waals surface area contributed by atoms with Gasteiger partial charge in [-0.15, -0.1) is 17.5 Å². The number of carbonyl (C=O) groups excluding carboxylic acids is 1. The van der Waals surface area contributed by atoms with Crippen LogP contribution in [0.4, 0.5) is 8.78 Å². The third-order valence-electron chi connectivity index (χ3n) is 4.94. The van der Waals surface area contributed by atoms with Gasteiger partial charge in [-0.2, -0.15) is 8.78 Å². The van der Waals surface area contributed by atoms with E-state index in [0.717, 1.165) is 25.7 Å². The van der Waals surface area contributed by atoms with Crippen molar-refractivity contribution in [2.24, 2.45) is 11.7 Å². The molecule has 1 aliphatic carbocycles. The van der Waals surface area contributed by atoms with Gasteiger partial charge in [0.2, 0.25) is 0 Å². The van der Waals surface area contributed by atoms with Crippen molar-refractivity contribution in [2.45, 2.75) is 45.3 Å². The minimum Gasteiger partial charge on any atom is -0.435 e. The molecule has 0 bridgehead atoms. The second-order valence-corrected chi connectivity index (χ2v) is 6.67. The fraction of sp³-hybridized carbons (Fsp3) is 0.500. The lowest BCUT2D eigenvalue weighted by Crippen LogP contribution is -2.45. The van der Waals surface area contributed by atoms with Gasteiger partial charge in [-0.3, -0.25) is 4.79 Å². The van der Waals surface area contributed by atoms with Crippen LogP contribution in [-0.4, -0.2) is 40.1 Å². The largest absolute Gasteiger partial charge is 0.435 e. The molecule has 1 aromatic carbocycles. The smallest absolute Gasteiger partial charge is 0.387 e. The number of halogens is 3. The molecule has 0 aliphatic heterocycles. The van der Waals surface area contributed by atoms with Gasteiger partial charge in [0.15, 0.2) is 5.69 Å². The van der Waals surface area contributed by atoms with Crippen molar-refractivity contribution in [2.75, 3.05) is 6.54 Å². The van der Waals surface area contributed by atoms with Gasteiger partial charge in [-0.05, 0) is 56.5 Å². The number of nitrogens with one attached hydrogen (secondary N) is 1. The summed E-state index contributed by atoms with van der Waals surface area (Å²) in [5.74, 6) is 0.0526. The highest BCUT2D eigenvalue weighted by atomic mass is 35.5. The maximum atomic E-state index is 12.6. The van der Waals surface area contributed by atoms with Crippen LogP contribution in [0.2, 0.25) is 0 Å². The minimum atomic E-state index is -2.88. The maximum Gasteiger partial charge on any atom is 0.387 e. The Hall–Kier alpha value is -2.26. The number of benzene rings is 1. The van der Waals surface area contributed by atoms with Crippen LogP contribution in [0, 0.1) is 12.8 Å². The van der Waals surface area contributed by atoms with Crippen LogP contribution in [0.5, 0.6) is 5.75 Å². The molecule has 1 amide bonds. The van der Waals surface area contributed by atoms with Crippen molar-refractivity contribution < 1.29 is 18.3 Å². The highest BCUT2D eigenvalue weighted by Gasteiger charge is 2.27. The van der Waals surface area contributed by atoms with Crippen LogP contribution in [0.25, 0.3) is 5.69 Å². The standard InChI is InChI=1S/C18H23F2N5O2.ClH/c1-11-16(17(26)22-15-5-3-2-4-12(15)10-21)23-24-25(11)13-6-8-14(9-7-13)27-18(19)20;/h6-9,12,15,18H,2-5,10,21H2,1H3,(H,22,26);1H. The zero-order chi connectivity index (χ0) is 19.4. The van der Waals surface area contributed by atoms with Crippen LogP contribution < -0.4 is 15.8 Å². The number of amides is 1. The van der Waals surface area contributed by atoms with E-state index in [1.165, 1.54) is 16.8 Å². The summed E-state index contributed by atoms with van der Waals surface area (Å²) in [6.07, 6.45) is 4.13. The molecular weight excluding hydrogens is 392 g/mol. The second-order valence-electron chi connectivity index (χ2n) is 6.67. The SMILES string of the molecule is Cc1c(C(=O)NC2CCCCC2CN)nnn1-c1ccc(OC(F)F)cc1.Cl. The van der Waals surface area contributed by atoms with Crippen molar-refractivity contribution >= 4 is 18.3 Å². The molecule has 10 heteroatoms. The Kier molecular flexibility index (Phi) is 7.70. The third-order valence-corrected chi connectivity index (χ3v) is 4.94. The lowest BCUT2D eigenvalue weighted by Gasteiger charge is -2.31. The first-order valence-electron chi connectivity index (χ1n) is 8.98. The van der Waals surface area contributed by atoms with E-state index in [2.05, 4.69) is 20.4 Å². The van der Waals surface area contributed by atoms with Crippen molar-refractivity contribution in [3.05, 3.63) is 35.7 Å². The van der Waals surface area contributed by atoms with E-state index in [1.54, 1.807) is 19.1 Å². The molecule has 1 heterocycles. The minimum absolute atomic E-state index is 0. The molecule has 3 N–H and O–H groups in total. The summed E-state index contributed by atoms with van der Waals surface area (Å²) < 4.78 is 30.3. The molecule has 0 radical (unpaired) electrons. The lowest BCUT2D eigenvalue weighted by molar-refractivity contribution is -0.0498. The average molecular weight is 416 g/mol. The van der Waals surface area contributed by atoms with Crippen molar-refractivity contribution in [3.63, 3.8) is 0 Å². The molecule has 1 aromatic heterocycles. The Labute approximate surface area is 168 Å². The summed E-state index contributed by atoms with van der Waals surface area (Å²) in [7, 11) is 0. The molecule has 154 valence electrons. The summed E-state index contributed by atoms with van der Waals surface area (Å²) in [6.45, 7) is -0.597. The van der Waals surface area contributed by atoms with E-state index in [-0.39, 0.29) is 41.7 Å². The van der Waals surface area contributed by atoms with E-state index < -0.39 is 6.61 Å². The highest BCUT2D eigenvalue weighted by Crippen LogP contribution is 2.24. The average Bonchev–Trinajstić information content (AvgIpc) is 3.04. The second kappa shape index (κ2) is 9.79. The van der Waals surface area contributed by atoms with Crippen LogP contribution in [0.1, 0.15) is 41.9 Å². The fourth-order valence-corrected chi connectivity index (χ4v) is 3.47. The molecule has 7 nitrogen and oxygen atoms in total. The number of aromatic nitrogens is 3. The number of carbonyl (C=O) groups is 1. The summed E-state index contributed by atoms with van der Waals surface area (Å²) in [6, 6.07) is 6.03. The summed E-state index contributed by atoms with van der Waals surface area (Å²) >= 11 is 0. The molecule has 1 fully saturated rings. The monoisotopic (exact) mass is 415 g/mol. The molecule has 3 rings (SSSR count). The summed E-state index contributed by atoms with van der Waals surface area (Å²) in [4.78, 5) is 12.6. The predicted molar refractivity (Wildman–Crippen MR) is 102 cm³/mol. The van der Waals surface area contributed by atoms with Gasteiger partial charge in [0.05, 0.1) is 11.4 Å². The Bertz CT molecular complexity index is 785. The van der Waals surface area contributed by atoms with Crippen LogP contribution >= 0.6 is 12.4 Å². The molecule has 0 saturated heterocycles. The quantitative estimate of drug-likeness (QED) is 0.756. The van der Waals surface area contributed by atoms with Gasteiger partial charge < -0.3 is 15.8 Å². The Balaban J connectivity index is 0.00000280. The third kappa shape index (κ3) is 4.96. The van der Waals surface area contributed by atoms with Crippen molar-refractivity contribution in [1.29, 1.82) is 0 Å². The zero-order valence-electron chi connectivity index (χ0n) is 15.5. The number of rotatable bonds is 6. The van der Waals surface area contributed by atoms with Gasteiger partial charge in [-0.1, -0.05) is 18.1 Å². The topological polar surface area (TPSA) is 95.1 Å². The highest BCUT2D eigenvalue weighted by molar-refractivity contribution is 5.93. The van der Waals surface area contributed by atoms with E-state index in [9.17, 15) is 13.6 Å². The van der Waals surface area contributed by atoms with Crippen molar-refractivity contribution in [1.82, 2.24) is 20.3 Å². The number of hydrogen-bond acceptors (Lipinski definition) is 5. The van der Waals surface area contributed by atoms with E-state index in [1.807, 2.05) is 0 Å². The Morgan fingerprint density at radius 3 is 2.64 bits per heavy atom. The normalized spacial score (nSPS) is 19.2. The van der Waals surface area contributed by atoms with Crippen LogP contribution in [0.15, 0.2) is 24.3 Å². The number of alkyl halides is 2. The van der Waals surface area contributed by atoms with E-state index in [0.29, 0.717) is 17.9 Å². The molecule has 1 saturated carbocycles. The molecule has 28 heavy (non-hydrogen) atoms. The van der Waals surface area contributed by atoms with Gasteiger partial charge >= 0.3 is 6.61 Å². The molecule has 2 aromatic rings. The van der Waals surface area contributed by atoms with Crippen LogP contribution in [-0.2, 0) is 0 Å².